The summed E-state index contributed by atoms with van der Waals surface area (Å²) in [6, 6.07) is 10.2. The molecule has 7 heteroatoms. The highest BCUT2D eigenvalue weighted by Crippen LogP contribution is 2.21. The fourth-order valence-corrected chi connectivity index (χ4v) is 4.05. The second kappa shape index (κ2) is 7.97. The van der Waals surface area contributed by atoms with E-state index in [4.69, 9.17) is 4.42 Å². The fourth-order valence-electron chi connectivity index (χ4n) is 3.19. The summed E-state index contributed by atoms with van der Waals surface area (Å²) in [5, 5.41) is 11.7. The maximum Gasteiger partial charge on any atom is 0.230 e. The molecular formula is C19H23N5OS. The van der Waals surface area contributed by atoms with Gasteiger partial charge in [0.15, 0.2) is 5.13 Å². The molecule has 3 heterocycles. The van der Waals surface area contributed by atoms with Crippen LogP contribution in [0.15, 0.2) is 40.1 Å². The van der Waals surface area contributed by atoms with E-state index >= 15 is 0 Å². The third-order valence-corrected chi connectivity index (χ3v) is 5.55. The summed E-state index contributed by atoms with van der Waals surface area (Å²) >= 11 is 1.73. The lowest BCUT2D eigenvalue weighted by Crippen LogP contribution is -2.30. The Hall–Kier alpha value is -2.25. The van der Waals surface area contributed by atoms with E-state index in [1.165, 1.54) is 5.56 Å². The maximum atomic E-state index is 5.86. The lowest BCUT2D eigenvalue weighted by Gasteiger charge is -2.20. The first-order valence-corrected chi connectivity index (χ1v) is 9.89. The highest BCUT2D eigenvalue weighted by atomic mass is 32.1. The first kappa shape index (κ1) is 17.2. The minimum absolute atomic E-state index is 0.681. The van der Waals surface area contributed by atoms with Crippen molar-refractivity contribution in [3.05, 3.63) is 58.8 Å². The topological polar surface area (TPSA) is 58.3 Å². The van der Waals surface area contributed by atoms with E-state index < -0.39 is 0 Å². The predicted octanol–water partition coefficient (Wildman–Crippen LogP) is 3.14. The second-order valence-electron chi connectivity index (χ2n) is 6.64. The highest BCUT2D eigenvalue weighted by Gasteiger charge is 2.19. The Balaban J connectivity index is 1.33. The minimum Gasteiger partial charge on any atom is -0.424 e. The molecule has 1 aromatic carbocycles. The molecule has 136 valence electrons. The number of rotatable bonds is 5. The summed E-state index contributed by atoms with van der Waals surface area (Å²) in [6.07, 6.45) is 1.80. The average Bonchev–Trinajstić information content (AvgIpc) is 3.20. The van der Waals surface area contributed by atoms with Gasteiger partial charge in [-0.05, 0) is 18.9 Å². The van der Waals surface area contributed by atoms with Gasteiger partial charge in [-0.2, -0.15) is 0 Å². The van der Waals surface area contributed by atoms with Gasteiger partial charge < -0.3 is 9.32 Å². The third kappa shape index (κ3) is 4.28. The normalized spacial score (nSPS) is 16.0. The van der Waals surface area contributed by atoms with Gasteiger partial charge in [-0.25, -0.2) is 4.98 Å². The molecule has 0 aliphatic carbocycles. The van der Waals surface area contributed by atoms with E-state index in [1.807, 2.05) is 25.1 Å². The van der Waals surface area contributed by atoms with Crippen molar-refractivity contribution in [2.75, 3.05) is 31.1 Å². The van der Waals surface area contributed by atoms with Gasteiger partial charge in [-0.1, -0.05) is 30.3 Å². The molecule has 3 aromatic rings. The van der Waals surface area contributed by atoms with Gasteiger partial charge in [0.25, 0.3) is 0 Å². The number of aryl methyl sites for hydroxylation is 1. The molecule has 1 aliphatic rings. The summed E-state index contributed by atoms with van der Waals surface area (Å²) in [5.41, 5.74) is 2.29. The van der Waals surface area contributed by atoms with Crippen LogP contribution in [0.4, 0.5) is 5.13 Å². The molecule has 4 rings (SSSR count). The molecule has 0 spiro atoms. The Labute approximate surface area is 157 Å². The van der Waals surface area contributed by atoms with Crippen LogP contribution in [-0.2, 0) is 13.0 Å². The first-order valence-electron chi connectivity index (χ1n) is 9.01. The monoisotopic (exact) mass is 369 g/mol. The van der Waals surface area contributed by atoms with Crippen LogP contribution in [0.2, 0.25) is 0 Å². The standard InChI is InChI=1S/C19H23N5OS/c1-15-14-26-19(20-15)24-9-5-8-23(10-11-24)13-18-22-21-17(25-18)12-16-6-3-2-4-7-16/h2-4,6-7,14H,5,8-13H2,1H3. The van der Waals surface area contributed by atoms with Crippen molar-refractivity contribution in [3.63, 3.8) is 0 Å². The summed E-state index contributed by atoms with van der Waals surface area (Å²) in [4.78, 5) is 9.38. The molecule has 1 aliphatic heterocycles. The molecule has 1 saturated heterocycles. The van der Waals surface area contributed by atoms with Gasteiger partial charge in [-0.3, -0.25) is 4.90 Å². The molecule has 0 unspecified atom stereocenters. The van der Waals surface area contributed by atoms with Crippen molar-refractivity contribution in [1.29, 1.82) is 0 Å². The van der Waals surface area contributed by atoms with Gasteiger partial charge in [0.1, 0.15) is 0 Å². The first-order chi connectivity index (χ1) is 12.8. The molecule has 0 radical (unpaired) electrons. The number of anilines is 1. The summed E-state index contributed by atoms with van der Waals surface area (Å²) in [6.45, 7) is 6.82. The quantitative estimate of drug-likeness (QED) is 0.689. The van der Waals surface area contributed by atoms with Crippen LogP contribution in [0.25, 0.3) is 0 Å². The summed E-state index contributed by atoms with van der Waals surface area (Å²) in [7, 11) is 0. The average molecular weight is 369 g/mol. The van der Waals surface area contributed by atoms with Crippen molar-refractivity contribution in [2.45, 2.75) is 26.3 Å². The SMILES string of the molecule is Cc1csc(N2CCCN(Cc3nnc(Cc4ccccc4)o3)CC2)n1. The Morgan fingerprint density at radius 1 is 1.04 bits per heavy atom. The molecule has 26 heavy (non-hydrogen) atoms. The van der Waals surface area contributed by atoms with Crippen molar-refractivity contribution < 1.29 is 4.42 Å². The minimum atomic E-state index is 0.681. The van der Waals surface area contributed by atoms with E-state index in [0.717, 1.165) is 43.4 Å². The van der Waals surface area contributed by atoms with E-state index in [2.05, 4.69) is 42.5 Å². The lowest BCUT2D eigenvalue weighted by molar-refractivity contribution is 0.252. The van der Waals surface area contributed by atoms with Crippen LogP contribution in [0.3, 0.4) is 0 Å². The Morgan fingerprint density at radius 2 is 1.88 bits per heavy atom. The molecule has 0 amide bonds. The van der Waals surface area contributed by atoms with Crippen LogP contribution in [0.1, 0.15) is 29.5 Å². The predicted molar refractivity (Wildman–Crippen MR) is 103 cm³/mol. The number of hydrogen-bond donors (Lipinski definition) is 0. The Morgan fingerprint density at radius 3 is 2.69 bits per heavy atom. The third-order valence-electron chi connectivity index (χ3n) is 4.53. The van der Waals surface area contributed by atoms with E-state index in [1.54, 1.807) is 11.3 Å². The van der Waals surface area contributed by atoms with Crippen molar-refractivity contribution in [2.24, 2.45) is 0 Å². The van der Waals surface area contributed by atoms with Gasteiger partial charge in [0.2, 0.25) is 11.8 Å². The van der Waals surface area contributed by atoms with Gasteiger partial charge in [0.05, 0.1) is 18.7 Å². The zero-order chi connectivity index (χ0) is 17.8. The van der Waals surface area contributed by atoms with Gasteiger partial charge in [-0.15, -0.1) is 21.5 Å². The van der Waals surface area contributed by atoms with Crippen LogP contribution in [-0.4, -0.2) is 46.3 Å². The fraction of sp³-hybridized carbons (Fsp3) is 0.421. The lowest BCUT2D eigenvalue weighted by atomic mass is 10.2. The number of nitrogens with zero attached hydrogens (tertiary/aromatic N) is 5. The van der Waals surface area contributed by atoms with E-state index in [9.17, 15) is 0 Å². The molecule has 0 N–H and O–H groups in total. The highest BCUT2D eigenvalue weighted by molar-refractivity contribution is 7.13. The Kier molecular flexibility index (Phi) is 5.26. The molecule has 0 atom stereocenters. The van der Waals surface area contributed by atoms with Gasteiger partial charge >= 0.3 is 0 Å². The number of hydrogen-bond acceptors (Lipinski definition) is 7. The zero-order valence-corrected chi connectivity index (χ0v) is 15.8. The van der Waals surface area contributed by atoms with E-state index in [-0.39, 0.29) is 0 Å². The molecule has 2 aromatic heterocycles. The zero-order valence-electron chi connectivity index (χ0n) is 15.0. The van der Waals surface area contributed by atoms with Crippen molar-refractivity contribution >= 4 is 16.5 Å². The number of benzene rings is 1. The molecule has 6 nitrogen and oxygen atoms in total. The van der Waals surface area contributed by atoms with Crippen LogP contribution in [0, 0.1) is 6.92 Å². The van der Waals surface area contributed by atoms with Gasteiger partial charge in [0, 0.05) is 31.6 Å². The second-order valence-corrected chi connectivity index (χ2v) is 7.48. The molecular weight excluding hydrogens is 346 g/mol. The van der Waals surface area contributed by atoms with Crippen LogP contribution < -0.4 is 4.90 Å². The van der Waals surface area contributed by atoms with E-state index in [0.29, 0.717) is 24.7 Å². The number of aromatic nitrogens is 3. The largest absolute Gasteiger partial charge is 0.424 e. The van der Waals surface area contributed by atoms with Crippen molar-refractivity contribution in [3.8, 4) is 0 Å². The molecule has 1 fully saturated rings. The molecule has 0 saturated carbocycles. The summed E-state index contributed by atoms with van der Waals surface area (Å²) < 4.78 is 5.86. The van der Waals surface area contributed by atoms with Crippen molar-refractivity contribution in [1.82, 2.24) is 20.1 Å². The summed E-state index contributed by atoms with van der Waals surface area (Å²) in [5.74, 6) is 1.38. The molecule has 0 bridgehead atoms. The van der Waals surface area contributed by atoms with Crippen LogP contribution >= 0.6 is 11.3 Å². The van der Waals surface area contributed by atoms with Crippen LogP contribution in [0.5, 0.6) is 0 Å². The Bertz CT molecular complexity index is 831. The number of thiazole rings is 1. The maximum absolute atomic E-state index is 5.86. The smallest absolute Gasteiger partial charge is 0.230 e.